The standard InChI is InChI=1S/C16H11Cl2N5OS/c17-10-1-3-13-20-11(9-22(13)8-10)7-19-14(24)4-2-12-15(18)21-16-23(12)5-6-25-16/h1-6,8-9H,7H2,(H,19,24)/b4-2+. The van der Waals surface area contributed by atoms with Crippen LogP contribution in [0.15, 0.2) is 42.2 Å². The van der Waals surface area contributed by atoms with Crippen LogP contribution in [0.3, 0.4) is 0 Å². The Morgan fingerprint density at radius 3 is 3.04 bits per heavy atom. The second kappa shape index (κ2) is 6.51. The summed E-state index contributed by atoms with van der Waals surface area (Å²) < 4.78 is 3.65. The molecular weight excluding hydrogens is 381 g/mol. The number of pyridine rings is 1. The maximum atomic E-state index is 12.0. The second-order valence-corrected chi connectivity index (χ2v) is 6.91. The highest BCUT2D eigenvalue weighted by Crippen LogP contribution is 2.22. The number of hydrogen-bond donors (Lipinski definition) is 1. The lowest BCUT2D eigenvalue weighted by molar-refractivity contribution is -0.116. The largest absolute Gasteiger partial charge is 0.347 e. The maximum absolute atomic E-state index is 12.0. The molecule has 0 unspecified atom stereocenters. The van der Waals surface area contributed by atoms with Crippen LogP contribution in [0.4, 0.5) is 0 Å². The third-order valence-electron chi connectivity index (χ3n) is 3.56. The average Bonchev–Trinajstić information content (AvgIpc) is 3.25. The van der Waals surface area contributed by atoms with Gasteiger partial charge < -0.3 is 9.72 Å². The van der Waals surface area contributed by atoms with Crippen LogP contribution in [0.5, 0.6) is 0 Å². The minimum Gasteiger partial charge on any atom is -0.347 e. The van der Waals surface area contributed by atoms with Gasteiger partial charge in [0.05, 0.1) is 23.0 Å². The molecular formula is C16H11Cl2N5OS. The Balaban J connectivity index is 1.44. The van der Waals surface area contributed by atoms with Crippen LogP contribution >= 0.6 is 34.5 Å². The molecule has 0 saturated heterocycles. The third-order valence-corrected chi connectivity index (χ3v) is 4.81. The first-order chi connectivity index (χ1) is 12.1. The summed E-state index contributed by atoms with van der Waals surface area (Å²) in [7, 11) is 0. The van der Waals surface area contributed by atoms with E-state index in [0.717, 1.165) is 16.3 Å². The Hall–Kier alpha value is -2.35. The van der Waals surface area contributed by atoms with E-state index in [1.807, 2.05) is 32.6 Å². The van der Waals surface area contributed by atoms with Gasteiger partial charge in [-0.15, -0.1) is 11.3 Å². The Bertz CT molecular complexity index is 1110. The highest BCUT2D eigenvalue weighted by Gasteiger charge is 2.09. The van der Waals surface area contributed by atoms with Crippen molar-refractivity contribution in [1.29, 1.82) is 0 Å². The van der Waals surface area contributed by atoms with Gasteiger partial charge in [-0.3, -0.25) is 9.20 Å². The molecule has 1 amide bonds. The number of carbonyl (C=O) groups is 1. The molecule has 126 valence electrons. The summed E-state index contributed by atoms with van der Waals surface area (Å²) in [6.07, 6.45) is 8.53. The van der Waals surface area contributed by atoms with Gasteiger partial charge in [0.1, 0.15) is 5.65 Å². The molecule has 1 N–H and O–H groups in total. The van der Waals surface area contributed by atoms with Gasteiger partial charge in [0.2, 0.25) is 5.91 Å². The Labute approximate surface area is 156 Å². The van der Waals surface area contributed by atoms with Crippen LogP contribution < -0.4 is 5.32 Å². The summed E-state index contributed by atoms with van der Waals surface area (Å²) in [6.45, 7) is 0.316. The number of nitrogens with one attached hydrogen (secondary N) is 1. The number of hydrogen-bond acceptors (Lipinski definition) is 4. The Morgan fingerprint density at radius 2 is 2.16 bits per heavy atom. The summed E-state index contributed by atoms with van der Waals surface area (Å²) in [4.78, 5) is 21.5. The monoisotopic (exact) mass is 391 g/mol. The van der Waals surface area contributed by atoms with Gasteiger partial charge in [0.15, 0.2) is 10.1 Å². The van der Waals surface area contributed by atoms with E-state index in [1.165, 1.54) is 17.4 Å². The number of imidazole rings is 2. The molecule has 0 fully saturated rings. The van der Waals surface area contributed by atoms with Crippen molar-refractivity contribution in [3.63, 3.8) is 0 Å². The van der Waals surface area contributed by atoms with Crippen molar-refractivity contribution in [3.8, 4) is 0 Å². The first-order valence-corrected chi connectivity index (χ1v) is 8.94. The number of rotatable bonds is 4. The lowest BCUT2D eigenvalue weighted by atomic mass is 10.3. The van der Waals surface area contributed by atoms with Gasteiger partial charge in [-0.25, -0.2) is 9.97 Å². The van der Waals surface area contributed by atoms with Crippen molar-refractivity contribution in [2.24, 2.45) is 0 Å². The molecule has 6 nitrogen and oxygen atoms in total. The van der Waals surface area contributed by atoms with E-state index in [-0.39, 0.29) is 5.91 Å². The molecule has 0 aromatic carbocycles. The SMILES string of the molecule is O=C(/C=C/c1c(Cl)nc2sccn12)NCc1cn2cc(Cl)ccc2n1. The summed E-state index contributed by atoms with van der Waals surface area (Å²) in [5.74, 6) is -0.240. The van der Waals surface area contributed by atoms with Gasteiger partial charge in [-0.05, 0) is 18.2 Å². The molecule has 0 aliphatic rings. The van der Waals surface area contributed by atoms with Crippen molar-refractivity contribution < 1.29 is 4.79 Å². The molecule has 0 radical (unpaired) electrons. The lowest BCUT2D eigenvalue weighted by Gasteiger charge is -1.98. The molecule has 25 heavy (non-hydrogen) atoms. The van der Waals surface area contributed by atoms with Gasteiger partial charge in [-0.1, -0.05) is 23.2 Å². The molecule has 0 aliphatic heterocycles. The van der Waals surface area contributed by atoms with Gasteiger partial charge >= 0.3 is 0 Å². The van der Waals surface area contributed by atoms with Crippen LogP contribution in [0.1, 0.15) is 11.4 Å². The number of carbonyl (C=O) groups excluding carboxylic acids is 1. The fourth-order valence-electron chi connectivity index (χ4n) is 2.42. The van der Waals surface area contributed by atoms with Crippen molar-refractivity contribution in [1.82, 2.24) is 24.1 Å². The van der Waals surface area contributed by atoms with Gasteiger partial charge in [0.25, 0.3) is 0 Å². The molecule has 9 heteroatoms. The van der Waals surface area contributed by atoms with E-state index in [0.29, 0.717) is 22.4 Å². The van der Waals surface area contributed by atoms with Crippen LogP contribution in [0.25, 0.3) is 16.7 Å². The summed E-state index contributed by atoms with van der Waals surface area (Å²) in [5.41, 5.74) is 2.19. The van der Waals surface area contributed by atoms with E-state index in [4.69, 9.17) is 23.2 Å². The van der Waals surface area contributed by atoms with E-state index in [1.54, 1.807) is 18.3 Å². The number of fused-ring (bicyclic) bond motifs is 2. The number of nitrogens with zero attached hydrogens (tertiary/aromatic N) is 4. The minimum atomic E-state index is -0.240. The Kier molecular flexibility index (Phi) is 4.20. The average molecular weight is 392 g/mol. The first-order valence-electron chi connectivity index (χ1n) is 7.30. The van der Waals surface area contributed by atoms with Crippen molar-refractivity contribution in [2.45, 2.75) is 6.54 Å². The smallest absolute Gasteiger partial charge is 0.244 e. The highest BCUT2D eigenvalue weighted by molar-refractivity contribution is 7.15. The molecule has 0 atom stereocenters. The van der Waals surface area contributed by atoms with E-state index in [9.17, 15) is 4.79 Å². The molecule has 4 aromatic rings. The fourth-order valence-corrected chi connectivity index (χ4v) is 3.59. The molecule has 4 aromatic heterocycles. The summed E-state index contributed by atoms with van der Waals surface area (Å²) in [5, 5.41) is 5.70. The van der Waals surface area contributed by atoms with E-state index < -0.39 is 0 Å². The summed E-state index contributed by atoms with van der Waals surface area (Å²) in [6, 6.07) is 3.59. The van der Waals surface area contributed by atoms with Crippen LogP contribution in [-0.2, 0) is 11.3 Å². The molecule has 0 spiro atoms. The zero-order valence-corrected chi connectivity index (χ0v) is 15.0. The second-order valence-electron chi connectivity index (χ2n) is 5.24. The molecule has 4 rings (SSSR count). The van der Waals surface area contributed by atoms with E-state index in [2.05, 4.69) is 15.3 Å². The van der Waals surface area contributed by atoms with Crippen LogP contribution in [-0.4, -0.2) is 24.7 Å². The minimum absolute atomic E-state index is 0.240. The molecule has 0 bridgehead atoms. The molecule has 0 aliphatic carbocycles. The van der Waals surface area contributed by atoms with Crippen molar-refractivity contribution in [3.05, 3.63) is 63.7 Å². The van der Waals surface area contributed by atoms with Gasteiger partial charge in [-0.2, -0.15) is 0 Å². The number of aromatic nitrogens is 4. The van der Waals surface area contributed by atoms with E-state index >= 15 is 0 Å². The quantitative estimate of drug-likeness (QED) is 0.539. The zero-order valence-electron chi connectivity index (χ0n) is 12.7. The van der Waals surface area contributed by atoms with Crippen LogP contribution in [0, 0.1) is 0 Å². The number of thiazole rings is 1. The predicted octanol–water partition coefficient (Wildman–Crippen LogP) is 3.68. The highest BCUT2D eigenvalue weighted by atomic mass is 35.5. The lowest BCUT2D eigenvalue weighted by Crippen LogP contribution is -2.20. The fraction of sp³-hybridized carbons (Fsp3) is 0.0625. The summed E-state index contributed by atoms with van der Waals surface area (Å²) >= 11 is 13.5. The third kappa shape index (κ3) is 3.26. The first kappa shape index (κ1) is 16.1. The number of halogens is 2. The van der Waals surface area contributed by atoms with Crippen molar-refractivity contribution in [2.75, 3.05) is 0 Å². The van der Waals surface area contributed by atoms with Gasteiger partial charge in [0, 0.05) is 30.0 Å². The topological polar surface area (TPSA) is 63.7 Å². The van der Waals surface area contributed by atoms with Crippen molar-refractivity contribution >= 4 is 57.1 Å². The predicted molar refractivity (Wildman–Crippen MR) is 99.2 cm³/mol. The molecule has 0 saturated carbocycles. The number of amides is 1. The Morgan fingerprint density at radius 1 is 1.28 bits per heavy atom. The normalized spacial score (nSPS) is 11.8. The van der Waals surface area contributed by atoms with Crippen LogP contribution in [0.2, 0.25) is 10.2 Å². The maximum Gasteiger partial charge on any atom is 0.244 e. The zero-order chi connectivity index (χ0) is 17.4. The molecule has 4 heterocycles.